The summed E-state index contributed by atoms with van der Waals surface area (Å²) < 4.78 is 32.4. The van der Waals surface area contributed by atoms with Crippen molar-refractivity contribution in [3.63, 3.8) is 0 Å². The predicted molar refractivity (Wildman–Crippen MR) is 111 cm³/mol. The molecule has 1 aromatic rings. The molecule has 1 saturated heterocycles. The number of nitrogens with zero attached hydrogens (tertiary/aromatic N) is 2. The van der Waals surface area contributed by atoms with E-state index in [2.05, 4.69) is 0 Å². The monoisotopic (exact) mass is 424 g/mol. The quantitative estimate of drug-likeness (QED) is 0.628. The third-order valence-corrected chi connectivity index (χ3v) is 7.19. The number of ether oxygens (including phenoxy) is 1. The predicted octanol–water partition coefficient (Wildman–Crippen LogP) is 3.05. The summed E-state index contributed by atoms with van der Waals surface area (Å²) in [5, 5.41) is 0. The van der Waals surface area contributed by atoms with E-state index in [1.165, 1.54) is 28.6 Å². The third-order valence-electron chi connectivity index (χ3n) is 5.17. The Bertz CT molecular complexity index is 810. The molecule has 0 N–H and O–H groups in total. The Kier molecular flexibility index (Phi) is 7.82. The molecular formula is C21H32N2O5S. The van der Waals surface area contributed by atoms with Gasteiger partial charge in [-0.3, -0.25) is 4.79 Å². The molecule has 1 heterocycles. The van der Waals surface area contributed by atoms with Crippen molar-refractivity contribution >= 4 is 21.9 Å². The van der Waals surface area contributed by atoms with Crippen molar-refractivity contribution in [1.82, 2.24) is 9.21 Å². The van der Waals surface area contributed by atoms with Gasteiger partial charge < -0.3 is 9.64 Å². The molecule has 0 radical (unpaired) electrons. The van der Waals surface area contributed by atoms with Crippen LogP contribution in [0, 0.1) is 0 Å². The van der Waals surface area contributed by atoms with Crippen LogP contribution in [0.2, 0.25) is 0 Å². The van der Waals surface area contributed by atoms with Crippen LogP contribution in [0.1, 0.15) is 64.2 Å². The zero-order valence-electron chi connectivity index (χ0n) is 17.9. The number of sulfonamides is 1. The number of hydrogen-bond acceptors (Lipinski definition) is 5. The summed E-state index contributed by atoms with van der Waals surface area (Å²) in [5.74, 6) is -0.914. The van der Waals surface area contributed by atoms with Crippen molar-refractivity contribution in [3.05, 3.63) is 29.8 Å². The van der Waals surface area contributed by atoms with Crippen LogP contribution in [0.3, 0.4) is 0 Å². The zero-order valence-corrected chi connectivity index (χ0v) is 18.7. The molecule has 1 aromatic carbocycles. The van der Waals surface area contributed by atoms with Gasteiger partial charge >= 0.3 is 5.97 Å². The molecule has 0 saturated carbocycles. The fourth-order valence-electron chi connectivity index (χ4n) is 3.78. The van der Waals surface area contributed by atoms with Crippen molar-refractivity contribution in [2.24, 2.45) is 0 Å². The number of carbonyl (C=O) groups is 2. The third kappa shape index (κ3) is 5.57. The van der Waals surface area contributed by atoms with Crippen molar-refractivity contribution < 1.29 is 22.7 Å². The second-order valence-corrected chi connectivity index (χ2v) is 9.94. The molecule has 7 nitrogen and oxygen atoms in total. The van der Waals surface area contributed by atoms with Gasteiger partial charge in [0.05, 0.1) is 10.5 Å². The van der Waals surface area contributed by atoms with E-state index in [1.54, 1.807) is 4.90 Å². The smallest absolute Gasteiger partial charge is 0.338 e. The average Bonchev–Trinajstić information content (AvgIpc) is 2.65. The SMILES string of the molecule is CC(C)N(C(=O)COC(=O)c1ccc(S(=O)(=O)N2CCCC[C@@H]2C)cc1)C(C)C. The number of carbonyl (C=O) groups excluding carboxylic acids is 2. The van der Waals surface area contributed by atoms with Crippen LogP contribution >= 0.6 is 0 Å². The van der Waals surface area contributed by atoms with Crippen LogP contribution in [0.25, 0.3) is 0 Å². The first kappa shape index (κ1) is 23.3. The van der Waals surface area contributed by atoms with E-state index in [0.29, 0.717) is 6.54 Å². The molecule has 2 rings (SSSR count). The van der Waals surface area contributed by atoms with Gasteiger partial charge in [-0.1, -0.05) is 6.42 Å². The van der Waals surface area contributed by atoms with Crippen LogP contribution in [0.15, 0.2) is 29.2 Å². The van der Waals surface area contributed by atoms with E-state index in [1.807, 2.05) is 34.6 Å². The van der Waals surface area contributed by atoms with Crippen molar-refractivity contribution in [3.8, 4) is 0 Å². The zero-order chi connectivity index (χ0) is 21.8. The number of benzene rings is 1. The lowest BCUT2D eigenvalue weighted by molar-refractivity contribution is -0.138. The van der Waals surface area contributed by atoms with Crippen LogP contribution in [0.4, 0.5) is 0 Å². The normalized spacial score (nSPS) is 18.1. The fourth-order valence-corrected chi connectivity index (χ4v) is 5.48. The number of esters is 1. The summed E-state index contributed by atoms with van der Waals surface area (Å²) >= 11 is 0. The Hall–Kier alpha value is -1.93. The molecule has 8 heteroatoms. The number of rotatable bonds is 7. The average molecular weight is 425 g/mol. The molecule has 1 atom stereocenters. The first-order valence-corrected chi connectivity index (χ1v) is 11.6. The maximum Gasteiger partial charge on any atom is 0.338 e. The maximum atomic E-state index is 12.9. The van der Waals surface area contributed by atoms with E-state index in [-0.39, 0.29) is 41.1 Å². The summed E-state index contributed by atoms with van der Waals surface area (Å²) in [6.07, 6.45) is 2.73. The highest BCUT2D eigenvalue weighted by Gasteiger charge is 2.31. The standard InChI is InChI=1S/C21H32N2O5S/c1-15(2)23(16(3)4)20(24)14-28-21(25)18-9-11-19(12-10-18)29(26,27)22-13-7-6-8-17(22)5/h9-12,15-17H,6-8,13-14H2,1-5H3/t17-/m0/s1. The first-order valence-electron chi connectivity index (χ1n) is 10.2. The van der Waals surface area contributed by atoms with E-state index >= 15 is 0 Å². The van der Waals surface area contributed by atoms with E-state index in [0.717, 1.165) is 19.3 Å². The van der Waals surface area contributed by atoms with Crippen molar-refractivity contribution in [2.75, 3.05) is 13.2 Å². The number of piperidine rings is 1. The lowest BCUT2D eigenvalue weighted by atomic mass is 10.1. The highest BCUT2D eigenvalue weighted by Crippen LogP contribution is 2.25. The topological polar surface area (TPSA) is 84.0 Å². The lowest BCUT2D eigenvalue weighted by Gasteiger charge is -2.32. The van der Waals surface area contributed by atoms with Crippen LogP contribution < -0.4 is 0 Å². The minimum absolute atomic E-state index is 0.00266. The van der Waals surface area contributed by atoms with Gasteiger partial charge in [0.25, 0.3) is 5.91 Å². The number of amides is 1. The van der Waals surface area contributed by atoms with Crippen molar-refractivity contribution in [1.29, 1.82) is 0 Å². The summed E-state index contributed by atoms with van der Waals surface area (Å²) in [7, 11) is -3.59. The minimum Gasteiger partial charge on any atom is -0.452 e. The molecule has 0 bridgehead atoms. The largest absolute Gasteiger partial charge is 0.452 e. The summed E-state index contributed by atoms with van der Waals surface area (Å²) in [6.45, 7) is 9.70. The lowest BCUT2D eigenvalue weighted by Crippen LogP contribution is -2.44. The summed E-state index contributed by atoms with van der Waals surface area (Å²) in [5.41, 5.74) is 0.212. The molecule has 1 fully saturated rings. The molecule has 0 unspecified atom stereocenters. The van der Waals surface area contributed by atoms with Gasteiger partial charge in [-0.15, -0.1) is 0 Å². The second-order valence-electron chi connectivity index (χ2n) is 8.05. The Labute approximate surface area is 174 Å². The van der Waals surface area contributed by atoms with Crippen molar-refractivity contribution in [2.45, 2.75) is 76.9 Å². The Morgan fingerprint density at radius 1 is 1.10 bits per heavy atom. The summed E-state index contributed by atoms with van der Waals surface area (Å²) in [4.78, 5) is 26.4. The molecule has 0 aliphatic carbocycles. The molecule has 0 spiro atoms. The van der Waals surface area contributed by atoms with E-state index in [9.17, 15) is 18.0 Å². The highest BCUT2D eigenvalue weighted by atomic mass is 32.2. The second kappa shape index (κ2) is 9.71. The van der Waals surface area contributed by atoms with E-state index in [4.69, 9.17) is 4.74 Å². The molecule has 1 aliphatic heterocycles. The highest BCUT2D eigenvalue weighted by molar-refractivity contribution is 7.89. The van der Waals surface area contributed by atoms with Crippen LogP contribution in [0.5, 0.6) is 0 Å². The van der Waals surface area contributed by atoms with E-state index < -0.39 is 16.0 Å². The fraction of sp³-hybridized carbons (Fsp3) is 0.619. The molecular weight excluding hydrogens is 392 g/mol. The van der Waals surface area contributed by atoms with Gasteiger partial charge in [0.15, 0.2) is 6.61 Å². The Balaban J connectivity index is 2.04. The van der Waals surface area contributed by atoms with Gasteiger partial charge in [-0.2, -0.15) is 4.31 Å². The first-order chi connectivity index (χ1) is 13.6. The molecule has 162 valence electrons. The molecule has 0 aromatic heterocycles. The van der Waals surface area contributed by atoms with Crippen LogP contribution in [-0.4, -0.2) is 60.8 Å². The molecule has 29 heavy (non-hydrogen) atoms. The molecule has 1 aliphatic rings. The van der Waals surface area contributed by atoms with Crippen LogP contribution in [-0.2, 0) is 19.6 Å². The maximum absolute atomic E-state index is 12.9. The Morgan fingerprint density at radius 3 is 2.21 bits per heavy atom. The van der Waals surface area contributed by atoms with Gasteiger partial charge in [0.1, 0.15) is 0 Å². The molecule has 1 amide bonds. The van der Waals surface area contributed by atoms with Gasteiger partial charge in [-0.05, 0) is 71.7 Å². The Morgan fingerprint density at radius 2 is 1.69 bits per heavy atom. The van der Waals surface area contributed by atoms with Gasteiger partial charge in [0.2, 0.25) is 10.0 Å². The number of hydrogen-bond donors (Lipinski definition) is 0. The minimum atomic E-state index is -3.59. The summed E-state index contributed by atoms with van der Waals surface area (Å²) in [6, 6.07) is 5.67. The van der Waals surface area contributed by atoms with Gasteiger partial charge in [-0.25, -0.2) is 13.2 Å². The van der Waals surface area contributed by atoms with Gasteiger partial charge in [0, 0.05) is 24.7 Å².